The number of pyridine rings is 1. The summed E-state index contributed by atoms with van der Waals surface area (Å²) in [5.74, 6) is -0.366. The third-order valence-corrected chi connectivity index (χ3v) is 2.70. The number of unbranched alkanes of at least 4 members (excludes halogenated alkanes) is 4. The van der Waals surface area contributed by atoms with Gasteiger partial charge in [0.25, 0.3) is 0 Å². The fraction of sp³-hybridized carbons (Fsp3) is 0.538. The van der Waals surface area contributed by atoms with Crippen LogP contribution in [0.1, 0.15) is 49.4 Å². The second-order valence-corrected chi connectivity index (χ2v) is 4.10. The molecule has 0 atom stereocenters. The van der Waals surface area contributed by atoms with Gasteiger partial charge >= 0.3 is 0 Å². The van der Waals surface area contributed by atoms with E-state index in [0.29, 0.717) is 5.56 Å². The maximum Gasteiger partial charge on any atom is 0.249 e. The van der Waals surface area contributed by atoms with Crippen molar-refractivity contribution < 1.29 is 26.3 Å². The minimum absolute atomic E-state index is 0. The van der Waals surface area contributed by atoms with Crippen molar-refractivity contribution in [1.82, 2.24) is 0 Å². The number of halogens is 1. The molecule has 0 bridgehead atoms. The number of hydrogen-bond donors (Lipinski definition) is 1. The van der Waals surface area contributed by atoms with E-state index >= 15 is 0 Å². The zero-order valence-electron chi connectivity index (χ0n) is 10.4. The smallest absolute Gasteiger partial charge is 0.249 e. The molecule has 0 aliphatic rings. The molecule has 0 spiro atoms. The van der Waals surface area contributed by atoms with Gasteiger partial charge in [-0.25, -0.2) is 4.57 Å². The number of amides is 1. The van der Waals surface area contributed by atoms with E-state index in [2.05, 4.69) is 11.5 Å². The van der Waals surface area contributed by atoms with Gasteiger partial charge in [0.15, 0.2) is 12.4 Å². The summed E-state index contributed by atoms with van der Waals surface area (Å²) in [5, 5.41) is 0. The Bertz CT molecular complexity index is 325. The van der Waals surface area contributed by atoms with Gasteiger partial charge in [0.2, 0.25) is 5.91 Å². The summed E-state index contributed by atoms with van der Waals surface area (Å²) in [4.78, 5) is 10.9. The van der Waals surface area contributed by atoms with Gasteiger partial charge in [-0.05, 0) is 6.42 Å². The molecule has 0 aliphatic heterocycles. The van der Waals surface area contributed by atoms with Crippen LogP contribution in [0.3, 0.4) is 0 Å². The Morgan fingerprint density at radius 3 is 2.29 bits per heavy atom. The normalized spacial score (nSPS) is 9.71. The highest BCUT2D eigenvalue weighted by atomic mass is 79.9. The minimum Gasteiger partial charge on any atom is -1.00 e. The molecule has 0 aliphatic carbocycles. The molecule has 0 unspecified atom stereocenters. The maximum absolute atomic E-state index is 10.9. The molecule has 3 nitrogen and oxygen atoms in total. The summed E-state index contributed by atoms with van der Waals surface area (Å²) < 4.78 is 2.10. The second-order valence-electron chi connectivity index (χ2n) is 4.10. The van der Waals surface area contributed by atoms with Crippen molar-refractivity contribution in [3.05, 3.63) is 30.1 Å². The number of nitrogens with zero attached hydrogens (tertiary/aromatic N) is 1. The van der Waals surface area contributed by atoms with Crippen molar-refractivity contribution in [2.45, 2.75) is 45.6 Å². The lowest BCUT2D eigenvalue weighted by Crippen LogP contribution is -3.00. The molecule has 0 saturated carbocycles. The molecular weight excluding hydrogens is 280 g/mol. The largest absolute Gasteiger partial charge is 1.00 e. The van der Waals surface area contributed by atoms with Gasteiger partial charge in [0.05, 0.1) is 5.56 Å². The monoisotopic (exact) mass is 300 g/mol. The molecule has 17 heavy (non-hydrogen) atoms. The Morgan fingerprint density at radius 1 is 1.18 bits per heavy atom. The fourth-order valence-electron chi connectivity index (χ4n) is 1.67. The van der Waals surface area contributed by atoms with E-state index in [1.165, 1.54) is 32.1 Å². The molecule has 2 N–H and O–H groups in total. The van der Waals surface area contributed by atoms with Crippen LogP contribution in [0, 0.1) is 0 Å². The van der Waals surface area contributed by atoms with Crippen molar-refractivity contribution in [2.24, 2.45) is 5.73 Å². The number of carbonyl (C=O) groups is 1. The first-order valence-corrected chi connectivity index (χ1v) is 6.03. The van der Waals surface area contributed by atoms with Crippen molar-refractivity contribution in [3.8, 4) is 0 Å². The molecule has 1 rings (SSSR count). The van der Waals surface area contributed by atoms with Crippen LogP contribution in [-0.2, 0) is 6.54 Å². The molecule has 0 radical (unpaired) electrons. The highest BCUT2D eigenvalue weighted by Crippen LogP contribution is 2.02. The Hall–Kier alpha value is -0.900. The summed E-state index contributed by atoms with van der Waals surface area (Å²) in [6.07, 6.45) is 10.2. The number of aromatic nitrogens is 1. The van der Waals surface area contributed by atoms with Crippen LogP contribution in [0.15, 0.2) is 24.5 Å². The summed E-state index contributed by atoms with van der Waals surface area (Å²) in [5.41, 5.74) is 5.74. The lowest BCUT2D eigenvalue weighted by molar-refractivity contribution is -0.697. The summed E-state index contributed by atoms with van der Waals surface area (Å²) in [7, 11) is 0. The molecule has 96 valence electrons. The summed E-state index contributed by atoms with van der Waals surface area (Å²) in [6, 6.07) is 3.54. The van der Waals surface area contributed by atoms with E-state index in [9.17, 15) is 4.79 Å². The maximum atomic E-state index is 10.9. The Kier molecular flexibility index (Phi) is 8.68. The van der Waals surface area contributed by atoms with Gasteiger partial charge in [-0.1, -0.05) is 26.2 Å². The zero-order chi connectivity index (χ0) is 11.8. The molecule has 1 heterocycles. The van der Waals surface area contributed by atoms with Crippen molar-refractivity contribution in [1.29, 1.82) is 0 Å². The topological polar surface area (TPSA) is 47.0 Å². The van der Waals surface area contributed by atoms with Gasteiger partial charge in [0, 0.05) is 18.6 Å². The molecule has 1 aromatic rings. The van der Waals surface area contributed by atoms with E-state index < -0.39 is 0 Å². The lowest BCUT2D eigenvalue weighted by atomic mass is 10.1. The number of carbonyl (C=O) groups excluding carboxylic acids is 1. The molecule has 1 amide bonds. The third kappa shape index (κ3) is 6.41. The van der Waals surface area contributed by atoms with Gasteiger partial charge < -0.3 is 22.7 Å². The minimum atomic E-state index is -0.366. The Labute approximate surface area is 114 Å². The van der Waals surface area contributed by atoms with Crippen LogP contribution in [0.25, 0.3) is 0 Å². The first-order chi connectivity index (χ1) is 7.74. The molecule has 0 saturated heterocycles. The predicted octanol–water partition coefficient (Wildman–Crippen LogP) is -0.953. The standard InChI is InChI=1S/C13H20N2O.BrH/c1-2-3-4-5-6-9-15-10-7-12(8-11-15)13(14)16;/h7-8,10-11H,2-6,9H2,1H3,(H-,14,16);1H. The van der Waals surface area contributed by atoms with Crippen LogP contribution >= 0.6 is 0 Å². The van der Waals surface area contributed by atoms with Gasteiger partial charge in [0.1, 0.15) is 6.54 Å². The zero-order valence-corrected chi connectivity index (χ0v) is 11.9. The first-order valence-electron chi connectivity index (χ1n) is 6.03. The molecule has 4 heteroatoms. The average molecular weight is 301 g/mol. The van der Waals surface area contributed by atoms with Crippen molar-refractivity contribution in [2.75, 3.05) is 0 Å². The van der Waals surface area contributed by atoms with Crippen LogP contribution in [0.2, 0.25) is 0 Å². The number of nitrogens with two attached hydrogens (primary N) is 1. The molecular formula is C13H21BrN2O. The van der Waals surface area contributed by atoms with Crippen LogP contribution in [0.4, 0.5) is 0 Å². The number of aryl methyl sites for hydroxylation is 1. The van der Waals surface area contributed by atoms with Gasteiger partial charge in [-0.3, -0.25) is 4.79 Å². The molecule has 0 fully saturated rings. The predicted molar refractivity (Wildman–Crippen MR) is 63.9 cm³/mol. The van der Waals surface area contributed by atoms with Gasteiger partial charge in [-0.2, -0.15) is 0 Å². The van der Waals surface area contributed by atoms with E-state index in [1.54, 1.807) is 12.1 Å². The van der Waals surface area contributed by atoms with E-state index in [0.717, 1.165) is 6.54 Å². The van der Waals surface area contributed by atoms with Crippen LogP contribution < -0.4 is 27.3 Å². The van der Waals surface area contributed by atoms with Crippen LogP contribution in [-0.4, -0.2) is 5.91 Å². The number of primary amides is 1. The number of hydrogen-bond acceptors (Lipinski definition) is 1. The van der Waals surface area contributed by atoms with Gasteiger partial charge in [-0.15, -0.1) is 0 Å². The van der Waals surface area contributed by atoms with Crippen molar-refractivity contribution in [3.63, 3.8) is 0 Å². The van der Waals surface area contributed by atoms with E-state index in [-0.39, 0.29) is 22.9 Å². The molecule has 0 aromatic carbocycles. The van der Waals surface area contributed by atoms with E-state index in [4.69, 9.17) is 5.73 Å². The van der Waals surface area contributed by atoms with Crippen LogP contribution in [0.5, 0.6) is 0 Å². The average Bonchev–Trinajstić information content (AvgIpc) is 2.29. The Balaban J connectivity index is 0.00000256. The van der Waals surface area contributed by atoms with E-state index in [1.807, 2.05) is 12.4 Å². The Morgan fingerprint density at radius 2 is 1.76 bits per heavy atom. The SMILES string of the molecule is CCCCCCC[n+]1ccc(C(N)=O)cc1.[Br-]. The summed E-state index contributed by atoms with van der Waals surface area (Å²) in [6.45, 7) is 3.24. The third-order valence-electron chi connectivity index (χ3n) is 2.70. The number of rotatable bonds is 7. The summed E-state index contributed by atoms with van der Waals surface area (Å²) >= 11 is 0. The van der Waals surface area contributed by atoms with Crippen molar-refractivity contribution >= 4 is 5.91 Å². The lowest BCUT2D eigenvalue weighted by Gasteiger charge is -1.98. The fourth-order valence-corrected chi connectivity index (χ4v) is 1.67. The highest BCUT2D eigenvalue weighted by molar-refractivity contribution is 5.92. The second kappa shape index (κ2) is 9.16. The quantitative estimate of drug-likeness (QED) is 0.512. The highest BCUT2D eigenvalue weighted by Gasteiger charge is 2.03. The first kappa shape index (κ1) is 16.1. The molecule has 1 aromatic heterocycles.